The third-order valence-corrected chi connectivity index (χ3v) is 2.67. The lowest BCUT2D eigenvalue weighted by molar-refractivity contribution is -0.116. The van der Waals surface area contributed by atoms with Crippen molar-refractivity contribution < 1.29 is 9.18 Å². The average Bonchev–Trinajstić information content (AvgIpc) is 2.87. The van der Waals surface area contributed by atoms with Gasteiger partial charge < -0.3 is 5.32 Å². The van der Waals surface area contributed by atoms with E-state index in [-0.39, 0.29) is 18.1 Å². The van der Waals surface area contributed by atoms with Gasteiger partial charge in [-0.3, -0.25) is 9.89 Å². The van der Waals surface area contributed by atoms with E-state index in [1.165, 1.54) is 12.1 Å². The summed E-state index contributed by atoms with van der Waals surface area (Å²) in [5.41, 5.74) is 1.28. The first kappa shape index (κ1) is 13.7. The van der Waals surface area contributed by atoms with Crippen LogP contribution in [0.4, 0.5) is 10.2 Å². The maximum atomic E-state index is 13.1. The number of anilines is 1. The third kappa shape index (κ3) is 3.65. The van der Waals surface area contributed by atoms with Gasteiger partial charge in [-0.25, -0.2) is 4.39 Å². The zero-order valence-electron chi connectivity index (χ0n) is 10.7. The molecule has 0 unspecified atom stereocenters. The highest BCUT2D eigenvalue weighted by atomic mass is 19.1. The van der Waals surface area contributed by atoms with Gasteiger partial charge in [0.05, 0.1) is 11.8 Å². The van der Waals surface area contributed by atoms with Gasteiger partial charge >= 0.3 is 0 Å². The van der Waals surface area contributed by atoms with E-state index < -0.39 is 0 Å². The van der Waals surface area contributed by atoms with Crippen LogP contribution in [0.3, 0.4) is 0 Å². The topological polar surface area (TPSA) is 81.6 Å². The van der Waals surface area contributed by atoms with Crippen LogP contribution in [0.5, 0.6) is 0 Å². The molecule has 6 heteroatoms. The second-order valence-electron chi connectivity index (χ2n) is 4.24. The average molecular weight is 272 g/mol. The van der Waals surface area contributed by atoms with Crippen molar-refractivity contribution in [3.63, 3.8) is 0 Å². The zero-order valence-corrected chi connectivity index (χ0v) is 10.7. The first-order valence-electron chi connectivity index (χ1n) is 6.17. The molecular formula is C14H13FN4O. The molecule has 0 saturated carbocycles. The van der Waals surface area contributed by atoms with E-state index in [1.807, 2.05) is 6.07 Å². The quantitative estimate of drug-likeness (QED) is 0.821. The van der Waals surface area contributed by atoms with Gasteiger partial charge in [0.2, 0.25) is 5.91 Å². The Labute approximate surface area is 115 Å². The number of rotatable bonds is 5. The Kier molecular flexibility index (Phi) is 4.45. The van der Waals surface area contributed by atoms with Crippen molar-refractivity contribution in [1.29, 1.82) is 5.26 Å². The van der Waals surface area contributed by atoms with E-state index in [1.54, 1.807) is 18.2 Å². The van der Waals surface area contributed by atoms with Crippen molar-refractivity contribution >= 4 is 11.7 Å². The number of hydrogen-bond donors (Lipinski definition) is 2. The maximum absolute atomic E-state index is 13.1. The first-order valence-corrected chi connectivity index (χ1v) is 6.17. The number of halogens is 1. The second-order valence-corrected chi connectivity index (χ2v) is 4.24. The molecule has 0 atom stereocenters. The highest BCUT2D eigenvalue weighted by Gasteiger charge is 2.07. The van der Waals surface area contributed by atoms with Crippen molar-refractivity contribution in [2.75, 3.05) is 5.32 Å². The van der Waals surface area contributed by atoms with Gasteiger partial charge in [0.1, 0.15) is 5.82 Å². The standard InChI is InChI=1S/C14H13FN4O/c15-11-5-3-4-10(8-11)12-9-13(19-18-12)17-14(20)6-1-2-7-16/h3-5,8-9H,1-2,6H2,(H2,17,18,19,20). The molecule has 0 aliphatic heterocycles. The first-order chi connectivity index (χ1) is 9.69. The maximum Gasteiger partial charge on any atom is 0.225 e. The van der Waals surface area contributed by atoms with Crippen LogP contribution in [0.2, 0.25) is 0 Å². The number of unbranched alkanes of at least 4 members (excludes halogenated alkanes) is 1. The smallest absolute Gasteiger partial charge is 0.225 e. The highest BCUT2D eigenvalue weighted by Crippen LogP contribution is 2.20. The SMILES string of the molecule is N#CCCCC(=O)Nc1cc(-c2cccc(F)c2)[nH]n1. The van der Waals surface area contributed by atoms with Gasteiger partial charge in [-0.1, -0.05) is 12.1 Å². The lowest BCUT2D eigenvalue weighted by Gasteiger charge is -1.99. The summed E-state index contributed by atoms with van der Waals surface area (Å²) < 4.78 is 13.1. The van der Waals surface area contributed by atoms with Crippen molar-refractivity contribution in [3.8, 4) is 17.3 Å². The minimum atomic E-state index is -0.334. The highest BCUT2D eigenvalue weighted by molar-refractivity contribution is 5.90. The molecule has 1 heterocycles. The predicted octanol–water partition coefficient (Wildman–Crippen LogP) is 2.85. The van der Waals surface area contributed by atoms with Crippen molar-refractivity contribution in [2.24, 2.45) is 0 Å². The fourth-order valence-corrected chi connectivity index (χ4v) is 1.72. The number of carbonyl (C=O) groups is 1. The lowest BCUT2D eigenvalue weighted by Crippen LogP contribution is -2.11. The third-order valence-electron chi connectivity index (χ3n) is 2.67. The van der Waals surface area contributed by atoms with Gasteiger partial charge in [0.25, 0.3) is 0 Å². The van der Waals surface area contributed by atoms with E-state index in [2.05, 4.69) is 15.5 Å². The van der Waals surface area contributed by atoms with Crippen LogP contribution in [0.25, 0.3) is 11.3 Å². The molecule has 2 N–H and O–H groups in total. The van der Waals surface area contributed by atoms with E-state index in [0.29, 0.717) is 29.9 Å². The molecule has 0 aliphatic rings. The van der Waals surface area contributed by atoms with Gasteiger partial charge in [-0.05, 0) is 18.6 Å². The lowest BCUT2D eigenvalue weighted by atomic mass is 10.1. The van der Waals surface area contributed by atoms with Gasteiger partial charge in [-0.15, -0.1) is 0 Å². The summed E-state index contributed by atoms with van der Waals surface area (Å²) in [6.45, 7) is 0. The summed E-state index contributed by atoms with van der Waals surface area (Å²) >= 11 is 0. The van der Waals surface area contributed by atoms with Crippen molar-refractivity contribution in [2.45, 2.75) is 19.3 Å². The van der Waals surface area contributed by atoms with Gasteiger partial charge in [0, 0.05) is 24.5 Å². The number of benzene rings is 1. The Hall–Kier alpha value is -2.68. The van der Waals surface area contributed by atoms with Crippen LogP contribution in [0.1, 0.15) is 19.3 Å². The molecule has 0 bridgehead atoms. The number of nitriles is 1. The number of hydrogen-bond acceptors (Lipinski definition) is 3. The molecule has 0 radical (unpaired) electrons. The molecule has 0 aliphatic carbocycles. The summed E-state index contributed by atoms with van der Waals surface area (Å²) in [4.78, 5) is 11.6. The van der Waals surface area contributed by atoms with Crippen LogP contribution in [-0.2, 0) is 4.79 Å². The molecule has 0 spiro atoms. The Bertz CT molecular complexity index is 645. The molecule has 20 heavy (non-hydrogen) atoms. The van der Waals surface area contributed by atoms with Gasteiger partial charge in [-0.2, -0.15) is 10.4 Å². The molecule has 1 aromatic carbocycles. The van der Waals surface area contributed by atoms with E-state index >= 15 is 0 Å². The van der Waals surface area contributed by atoms with Crippen molar-refractivity contribution in [3.05, 3.63) is 36.1 Å². The van der Waals surface area contributed by atoms with Crippen molar-refractivity contribution in [1.82, 2.24) is 10.2 Å². The van der Waals surface area contributed by atoms with Crippen LogP contribution in [0.15, 0.2) is 30.3 Å². The van der Waals surface area contributed by atoms with Crippen LogP contribution >= 0.6 is 0 Å². The normalized spacial score (nSPS) is 10.0. The number of H-pyrrole nitrogens is 1. The zero-order chi connectivity index (χ0) is 14.4. The molecule has 0 saturated heterocycles. The fourth-order valence-electron chi connectivity index (χ4n) is 1.72. The number of nitrogens with zero attached hydrogens (tertiary/aromatic N) is 2. The van der Waals surface area contributed by atoms with Crippen LogP contribution < -0.4 is 5.32 Å². The number of carbonyl (C=O) groups excluding carboxylic acids is 1. The minimum absolute atomic E-state index is 0.197. The molecule has 2 aromatic rings. The molecular weight excluding hydrogens is 259 g/mol. The van der Waals surface area contributed by atoms with Gasteiger partial charge in [0.15, 0.2) is 5.82 Å². The Morgan fingerprint density at radius 1 is 1.45 bits per heavy atom. The summed E-state index contributed by atoms with van der Waals surface area (Å²) in [6.07, 6.45) is 1.14. The molecule has 0 fully saturated rings. The van der Waals surface area contributed by atoms with E-state index in [0.717, 1.165) is 0 Å². The summed E-state index contributed by atoms with van der Waals surface area (Å²) in [7, 11) is 0. The summed E-state index contributed by atoms with van der Waals surface area (Å²) in [6, 6.07) is 9.70. The monoisotopic (exact) mass is 272 g/mol. The second kappa shape index (κ2) is 6.48. The predicted molar refractivity (Wildman–Crippen MR) is 72.1 cm³/mol. The summed E-state index contributed by atoms with van der Waals surface area (Å²) in [5.74, 6) is -0.150. The van der Waals surface area contributed by atoms with E-state index in [4.69, 9.17) is 5.26 Å². The van der Waals surface area contributed by atoms with Crippen LogP contribution in [-0.4, -0.2) is 16.1 Å². The molecule has 1 aromatic heterocycles. The van der Waals surface area contributed by atoms with Crippen LogP contribution in [0, 0.1) is 17.1 Å². The number of aromatic amines is 1. The molecule has 5 nitrogen and oxygen atoms in total. The largest absolute Gasteiger partial charge is 0.309 e. The Balaban J connectivity index is 1.99. The summed E-state index contributed by atoms with van der Waals surface area (Å²) in [5, 5.41) is 17.7. The van der Waals surface area contributed by atoms with E-state index in [9.17, 15) is 9.18 Å². The minimum Gasteiger partial charge on any atom is -0.309 e. The molecule has 102 valence electrons. The number of aromatic nitrogens is 2. The number of nitrogens with one attached hydrogen (secondary N) is 2. The molecule has 1 amide bonds. The Morgan fingerprint density at radius 2 is 2.30 bits per heavy atom. The fraction of sp³-hybridized carbons (Fsp3) is 0.214. The number of amides is 1. The Morgan fingerprint density at radius 3 is 3.05 bits per heavy atom. The molecule has 2 rings (SSSR count).